The number of hydrogen-bond acceptors (Lipinski definition) is 4. The summed E-state index contributed by atoms with van der Waals surface area (Å²) in [4.78, 5) is 9.60. The number of nitrogen functional groups attached to an aromatic ring is 1. The molecule has 1 heterocycles. The van der Waals surface area contributed by atoms with Gasteiger partial charge in [-0.2, -0.15) is 0 Å². The van der Waals surface area contributed by atoms with Crippen LogP contribution in [-0.2, 0) is 5.75 Å². The Balaban J connectivity index is 2.08. The van der Waals surface area contributed by atoms with E-state index in [1.165, 1.54) is 12.1 Å². The van der Waals surface area contributed by atoms with Gasteiger partial charge in [-0.3, -0.25) is 0 Å². The lowest BCUT2D eigenvalue weighted by Gasteiger charge is -2.06. The summed E-state index contributed by atoms with van der Waals surface area (Å²) in [5.74, 6) is 1.62. The first-order valence-electron chi connectivity index (χ1n) is 5.54. The first-order valence-corrected chi connectivity index (χ1v) is 6.53. The van der Waals surface area contributed by atoms with Gasteiger partial charge in [0.25, 0.3) is 0 Å². The van der Waals surface area contributed by atoms with Crippen molar-refractivity contribution in [3.8, 4) is 0 Å². The predicted octanol–water partition coefficient (Wildman–Crippen LogP) is 3.11. The third-order valence-corrected chi connectivity index (χ3v) is 3.66. The van der Waals surface area contributed by atoms with Crippen molar-refractivity contribution in [2.45, 2.75) is 24.5 Å². The van der Waals surface area contributed by atoms with E-state index in [4.69, 9.17) is 5.73 Å². The fourth-order valence-electron chi connectivity index (χ4n) is 1.45. The minimum absolute atomic E-state index is 0.231. The molecule has 0 aliphatic rings. The maximum atomic E-state index is 12.7. The highest BCUT2D eigenvalue weighted by Gasteiger charge is 2.05. The number of rotatable bonds is 3. The monoisotopic (exact) mass is 263 g/mol. The molecule has 0 aliphatic heterocycles. The minimum atomic E-state index is -0.231. The van der Waals surface area contributed by atoms with Crippen LogP contribution in [0.3, 0.4) is 0 Å². The molecule has 0 atom stereocenters. The van der Waals surface area contributed by atoms with E-state index in [0.717, 1.165) is 16.2 Å². The number of halogens is 1. The van der Waals surface area contributed by atoms with Gasteiger partial charge in [0.2, 0.25) is 0 Å². The molecule has 0 amide bonds. The van der Waals surface area contributed by atoms with Gasteiger partial charge in [-0.25, -0.2) is 14.4 Å². The Morgan fingerprint density at radius 1 is 1.17 bits per heavy atom. The lowest BCUT2D eigenvalue weighted by Crippen LogP contribution is -2.03. The molecule has 0 bridgehead atoms. The van der Waals surface area contributed by atoms with Crippen molar-refractivity contribution in [1.29, 1.82) is 0 Å². The molecule has 94 valence electrons. The number of hydrogen-bond donors (Lipinski definition) is 1. The molecule has 0 saturated carbocycles. The van der Waals surface area contributed by atoms with E-state index in [2.05, 4.69) is 9.97 Å². The summed E-state index contributed by atoms with van der Waals surface area (Å²) < 4.78 is 12.7. The average molecular weight is 263 g/mol. The van der Waals surface area contributed by atoms with E-state index in [9.17, 15) is 4.39 Å². The average Bonchev–Trinajstić information content (AvgIpc) is 2.35. The first kappa shape index (κ1) is 12.8. The van der Waals surface area contributed by atoms with E-state index in [-0.39, 0.29) is 5.82 Å². The van der Waals surface area contributed by atoms with Crippen LogP contribution in [0.15, 0.2) is 29.2 Å². The van der Waals surface area contributed by atoms with E-state index < -0.39 is 0 Å². The fourth-order valence-corrected chi connectivity index (χ4v) is 2.21. The Morgan fingerprint density at radius 2 is 1.83 bits per heavy atom. The Morgan fingerprint density at radius 3 is 2.44 bits per heavy atom. The maximum absolute atomic E-state index is 12.7. The van der Waals surface area contributed by atoms with Crippen molar-refractivity contribution in [3.05, 3.63) is 47.2 Å². The van der Waals surface area contributed by atoms with Gasteiger partial charge in [0, 0.05) is 16.2 Å². The molecule has 0 radical (unpaired) electrons. The molecule has 3 nitrogen and oxygen atoms in total. The van der Waals surface area contributed by atoms with Crippen molar-refractivity contribution >= 4 is 17.6 Å². The van der Waals surface area contributed by atoms with Crippen LogP contribution in [0.5, 0.6) is 0 Å². The Bertz CT molecular complexity index is 532. The van der Waals surface area contributed by atoms with Crippen LogP contribution < -0.4 is 5.73 Å². The zero-order valence-corrected chi connectivity index (χ0v) is 11.1. The Labute approximate surface area is 110 Å². The van der Waals surface area contributed by atoms with E-state index in [1.54, 1.807) is 23.9 Å². The number of anilines is 1. The topological polar surface area (TPSA) is 51.8 Å². The van der Waals surface area contributed by atoms with Crippen molar-refractivity contribution in [1.82, 2.24) is 9.97 Å². The summed E-state index contributed by atoms with van der Waals surface area (Å²) in [6, 6.07) is 6.37. The van der Waals surface area contributed by atoms with Gasteiger partial charge >= 0.3 is 0 Å². The number of nitrogens with two attached hydrogens (primary N) is 1. The van der Waals surface area contributed by atoms with Crippen molar-refractivity contribution in [3.63, 3.8) is 0 Å². The SMILES string of the molecule is Cc1nc(CSc2ccc(F)cc2)nc(N)c1C. The highest BCUT2D eigenvalue weighted by atomic mass is 32.2. The van der Waals surface area contributed by atoms with E-state index in [0.29, 0.717) is 17.4 Å². The zero-order chi connectivity index (χ0) is 13.1. The highest BCUT2D eigenvalue weighted by Crippen LogP contribution is 2.22. The third kappa shape index (κ3) is 2.98. The largest absolute Gasteiger partial charge is 0.383 e. The molecule has 2 rings (SSSR count). The summed E-state index contributed by atoms with van der Waals surface area (Å²) in [6.07, 6.45) is 0. The van der Waals surface area contributed by atoms with E-state index >= 15 is 0 Å². The maximum Gasteiger partial charge on any atom is 0.141 e. The summed E-state index contributed by atoms with van der Waals surface area (Å²) >= 11 is 1.56. The molecular weight excluding hydrogens is 249 g/mol. The van der Waals surface area contributed by atoms with Gasteiger partial charge < -0.3 is 5.73 Å². The summed E-state index contributed by atoms with van der Waals surface area (Å²) in [7, 11) is 0. The highest BCUT2D eigenvalue weighted by molar-refractivity contribution is 7.98. The van der Waals surface area contributed by atoms with Crippen LogP contribution in [0.4, 0.5) is 10.2 Å². The molecule has 0 fully saturated rings. The van der Waals surface area contributed by atoms with Crippen molar-refractivity contribution < 1.29 is 4.39 Å². The second-order valence-electron chi connectivity index (χ2n) is 3.98. The second kappa shape index (κ2) is 5.35. The molecule has 0 aliphatic carbocycles. The van der Waals surface area contributed by atoms with E-state index in [1.807, 2.05) is 13.8 Å². The van der Waals surface area contributed by atoms with Crippen LogP contribution in [-0.4, -0.2) is 9.97 Å². The molecule has 5 heteroatoms. The quantitative estimate of drug-likeness (QED) is 0.864. The smallest absolute Gasteiger partial charge is 0.141 e. The van der Waals surface area contributed by atoms with Gasteiger partial charge in [-0.15, -0.1) is 11.8 Å². The van der Waals surface area contributed by atoms with Crippen LogP contribution >= 0.6 is 11.8 Å². The van der Waals surface area contributed by atoms with Gasteiger partial charge in [-0.1, -0.05) is 0 Å². The summed E-state index contributed by atoms with van der Waals surface area (Å²) in [5.41, 5.74) is 7.62. The molecule has 2 aromatic rings. The number of benzene rings is 1. The lowest BCUT2D eigenvalue weighted by atomic mass is 10.2. The van der Waals surface area contributed by atoms with Crippen LogP contribution in [0.1, 0.15) is 17.1 Å². The van der Waals surface area contributed by atoms with Gasteiger partial charge in [-0.05, 0) is 38.1 Å². The molecular formula is C13H14FN3S. The summed E-state index contributed by atoms with van der Waals surface area (Å²) in [5, 5.41) is 0. The van der Waals surface area contributed by atoms with Gasteiger partial charge in [0.1, 0.15) is 17.5 Å². The van der Waals surface area contributed by atoms with Gasteiger partial charge in [0.15, 0.2) is 0 Å². The minimum Gasteiger partial charge on any atom is -0.383 e. The van der Waals surface area contributed by atoms with Crippen molar-refractivity contribution in [2.24, 2.45) is 0 Å². The lowest BCUT2D eigenvalue weighted by molar-refractivity contribution is 0.626. The molecule has 1 aromatic carbocycles. The second-order valence-corrected chi connectivity index (χ2v) is 5.03. The van der Waals surface area contributed by atoms with Crippen LogP contribution in [0.25, 0.3) is 0 Å². The number of aryl methyl sites for hydroxylation is 1. The predicted molar refractivity (Wildman–Crippen MR) is 71.9 cm³/mol. The molecule has 0 spiro atoms. The summed E-state index contributed by atoms with van der Waals surface area (Å²) in [6.45, 7) is 3.82. The van der Waals surface area contributed by atoms with Gasteiger partial charge in [0.05, 0.1) is 5.75 Å². The molecule has 18 heavy (non-hydrogen) atoms. The number of thioether (sulfide) groups is 1. The number of aromatic nitrogens is 2. The molecule has 0 unspecified atom stereocenters. The standard InChI is InChI=1S/C13H14FN3S/c1-8-9(2)16-12(17-13(8)15)7-18-11-5-3-10(14)4-6-11/h3-6H,7H2,1-2H3,(H2,15,16,17). The zero-order valence-electron chi connectivity index (χ0n) is 10.3. The van der Waals surface area contributed by atoms with Crippen LogP contribution in [0, 0.1) is 19.7 Å². The van der Waals surface area contributed by atoms with Crippen molar-refractivity contribution in [2.75, 3.05) is 5.73 Å². The Kier molecular flexibility index (Phi) is 3.81. The fraction of sp³-hybridized carbons (Fsp3) is 0.231. The normalized spacial score (nSPS) is 10.6. The Hall–Kier alpha value is -1.62. The molecule has 2 N–H and O–H groups in total. The third-order valence-electron chi connectivity index (χ3n) is 2.65. The number of nitrogens with zero attached hydrogens (tertiary/aromatic N) is 2. The first-order chi connectivity index (χ1) is 8.56. The molecule has 1 aromatic heterocycles. The molecule has 0 saturated heterocycles. The van der Waals surface area contributed by atoms with Crippen LogP contribution in [0.2, 0.25) is 0 Å².